The number of fused-ring (bicyclic) bond motifs is 3. The molecule has 0 radical (unpaired) electrons. The van der Waals surface area contributed by atoms with Gasteiger partial charge in [-0.25, -0.2) is 9.67 Å². The van der Waals surface area contributed by atoms with Crippen molar-refractivity contribution in [2.75, 3.05) is 12.8 Å². The first-order valence-electron chi connectivity index (χ1n) is 8.92. The van der Waals surface area contributed by atoms with Crippen LogP contribution in [-0.4, -0.2) is 32.1 Å². The second-order valence-corrected chi connectivity index (χ2v) is 6.60. The Hall–Kier alpha value is -3.87. The molecule has 0 aliphatic heterocycles. The molecule has 0 amide bonds. The number of nitrogens with two attached hydrogens (primary N) is 1. The molecule has 2 aromatic carbocycles. The fraction of sp³-hybridized carbons (Fsp3) is 0.0952. The Morgan fingerprint density at radius 3 is 2.75 bits per heavy atom. The van der Waals surface area contributed by atoms with Crippen molar-refractivity contribution in [1.29, 1.82) is 0 Å². The van der Waals surface area contributed by atoms with E-state index in [0.29, 0.717) is 17.8 Å². The molecule has 0 fully saturated rings. The molecule has 28 heavy (non-hydrogen) atoms. The van der Waals surface area contributed by atoms with Gasteiger partial charge in [-0.15, -0.1) is 0 Å². The number of hydrogen-bond acceptors (Lipinski definition) is 5. The third-order valence-corrected chi connectivity index (χ3v) is 4.88. The summed E-state index contributed by atoms with van der Waals surface area (Å²) in [5, 5.41) is 13.9. The molecule has 3 aromatic heterocycles. The number of hydrogen-bond donors (Lipinski definition) is 2. The Morgan fingerprint density at radius 2 is 2.00 bits per heavy atom. The predicted octanol–water partition coefficient (Wildman–Crippen LogP) is 3.48. The standard InChI is InChI=1S/C21H18N6O/c1-28-15-6-3-13(4-7-15)11-18-19-16-8-5-14(27-10-2-9-23-27)12-17(16)24-21(22)20(19)26-25-18/h2-10,12H,11H2,1H3,(H2,22,24)(H,25,26). The number of anilines is 1. The number of nitrogens with one attached hydrogen (secondary N) is 1. The molecule has 0 aliphatic rings. The van der Waals surface area contributed by atoms with E-state index in [1.807, 2.05) is 54.7 Å². The van der Waals surface area contributed by atoms with Gasteiger partial charge in [0.1, 0.15) is 11.3 Å². The first-order valence-corrected chi connectivity index (χ1v) is 8.92. The topological polar surface area (TPSA) is 94.6 Å². The summed E-state index contributed by atoms with van der Waals surface area (Å²) >= 11 is 0. The minimum absolute atomic E-state index is 0.414. The molecule has 138 valence electrons. The van der Waals surface area contributed by atoms with E-state index in [2.05, 4.69) is 20.3 Å². The lowest BCUT2D eigenvalue weighted by Gasteiger charge is -2.07. The molecule has 7 nitrogen and oxygen atoms in total. The summed E-state index contributed by atoms with van der Waals surface area (Å²) in [4.78, 5) is 4.56. The summed E-state index contributed by atoms with van der Waals surface area (Å²) in [5.41, 5.74) is 10.8. The molecule has 7 heteroatoms. The lowest BCUT2D eigenvalue weighted by atomic mass is 10.0. The number of pyridine rings is 1. The Labute approximate surface area is 160 Å². The zero-order chi connectivity index (χ0) is 19.1. The minimum atomic E-state index is 0.414. The van der Waals surface area contributed by atoms with Gasteiger partial charge in [-0.05, 0) is 42.0 Å². The number of aromatic amines is 1. The van der Waals surface area contributed by atoms with Crippen molar-refractivity contribution < 1.29 is 4.74 Å². The summed E-state index contributed by atoms with van der Waals surface area (Å²) in [5.74, 6) is 1.25. The fourth-order valence-electron chi connectivity index (χ4n) is 3.50. The number of rotatable bonds is 4. The number of nitrogen functional groups attached to an aromatic ring is 1. The largest absolute Gasteiger partial charge is 0.497 e. The minimum Gasteiger partial charge on any atom is -0.497 e. The lowest BCUT2D eigenvalue weighted by molar-refractivity contribution is 0.414. The van der Waals surface area contributed by atoms with Crippen LogP contribution in [0.2, 0.25) is 0 Å². The van der Waals surface area contributed by atoms with Crippen LogP contribution >= 0.6 is 0 Å². The smallest absolute Gasteiger partial charge is 0.152 e. The number of nitrogens with zero attached hydrogens (tertiary/aromatic N) is 4. The summed E-state index contributed by atoms with van der Waals surface area (Å²) < 4.78 is 7.04. The molecule has 5 aromatic rings. The highest BCUT2D eigenvalue weighted by molar-refractivity contribution is 6.09. The van der Waals surface area contributed by atoms with Crippen LogP contribution in [0.15, 0.2) is 60.9 Å². The Morgan fingerprint density at radius 1 is 1.14 bits per heavy atom. The lowest BCUT2D eigenvalue weighted by Crippen LogP contribution is -1.97. The van der Waals surface area contributed by atoms with Crippen LogP contribution in [0.3, 0.4) is 0 Å². The van der Waals surface area contributed by atoms with Gasteiger partial charge in [0, 0.05) is 35.3 Å². The van der Waals surface area contributed by atoms with Crippen molar-refractivity contribution in [3.05, 3.63) is 72.2 Å². The van der Waals surface area contributed by atoms with Gasteiger partial charge in [0.05, 0.1) is 18.3 Å². The van der Waals surface area contributed by atoms with E-state index in [1.54, 1.807) is 18.0 Å². The summed E-state index contributed by atoms with van der Waals surface area (Å²) in [6.45, 7) is 0. The highest BCUT2D eigenvalue weighted by Crippen LogP contribution is 2.31. The van der Waals surface area contributed by atoms with Gasteiger partial charge in [-0.3, -0.25) is 5.10 Å². The number of benzene rings is 2. The maximum Gasteiger partial charge on any atom is 0.152 e. The second-order valence-electron chi connectivity index (χ2n) is 6.60. The quantitative estimate of drug-likeness (QED) is 0.505. The maximum absolute atomic E-state index is 6.20. The van der Waals surface area contributed by atoms with Gasteiger partial charge in [-0.2, -0.15) is 10.2 Å². The van der Waals surface area contributed by atoms with E-state index in [4.69, 9.17) is 10.5 Å². The molecule has 0 spiro atoms. The molecule has 3 N–H and O–H groups in total. The van der Waals surface area contributed by atoms with Crippen LogP contribution in [0.1, 0.15) is 11.3 Å². The SMILES string of the molecule is COc1ccc(Cc2[nH]nc3c(N)nc4cc(-n5cccn5)ccc4c23)cc1. The summed E-state index contributed by atoms with van der Waals surface area (Å²) in [7, 11) is 1.66. The third-order valence-electron chi connectivity index (χ3n) is 4.88. The van der Waals surface area contributed by atoms with E-state index in [-0.39, 0.29) is 0 Å². The highest BCUT2D eigenvalue weighted by Gasteiger charge is 2.15. The maximum atomic E-state index is 6.20. The zero-order valence-corrected chi connectivity index (χ0v) is 15.3. The number of aromatic nitrogens is 5. The third kappa shape index (κ3) is 2.64. The van der Waals surface area contributed by atoms with Crippen LogP contribution in [-0.2, 0) is 6.42 Å². The first-order chi connectivity index (χ1) is 13.7. The van der Waals surface area contributed by atoms with Gasteiger partial charge in [0.25, 0.3) is 0 Å². The van der Waals surface area contributed by atoms with Crippen molar-refractivity contribution >= 4 is 27.6 Å². The van der Waals surface area contributed by atoms with E-state index >= 15 is 0 Å². The van der Waals surface area contributed by atoms with Crippen molar-refractivity contribution in [3.8, 4) is 11.4 Å². The summed E-state index contributed by atoms with van der Waals surface area (Å²) in [6.07, 6.45) is 4.36. The van der Waals surface area contributed by atoms with Gasteiger partial charge in [-0.1, -0.05) is 12.1 Å². The van der Waals surface area contributed by atoms with Gasteiger partial charge >= 0.3 is 0 Å². The van der Waals surface area contributed by atoms with Crippen LogP contribution in [0, 0.1) is 0 Å². The van der Waals surface area contributed by atoms with E-state index in [1.165, 1.54) is 0 Å². The zero-order valence-electron chi connectivity index (χ0n) is 15.3. The molecule has 0 bridgehead atoms. The molecule has 0 aliphatic carbocycles. The molecule has 3 heterocycles. The monoisotopic (exact) mass is 370 g/mol. The summed E-state index contributed by atoms with van der Waals surface area (Å²) in [6, 6.07) is 16.0. The van der Waals surface area contributed by atoms with E-state index in [9.17, 15) is 0 Å². The average Bonchev–Trinajstić information content (AvgIpc) is 3.39. The molecular formula is C21H18N6O. The molecule has 5 rings (SSSR count). The van der Waals surface area contributed by atoms with Gasteiger partial charge in [0.15, 0.2) is 5.82 Å². The molecule has 0 saturated carbocycles. The predicted molar refractivity (Wildman–Crippen MR) is 109 cm³/mol. The van der Waals surface area contributed by atoms with Crippen molar-refractivity contribution in [3.63, 3.8) is 0 Å². The Balaban J connectivity index is 1.64. The molecular weight excluding hydrogens is 352 g/mol. The Bertz CT molecular complexity index is 1270. The average molecular weight is 370 g/mol. The van der Waals surface area contributed by atoms with Crippen molar-refractivity contribution in [2.24, 2.45) is 0 Å². The fourth-order valence-corrected chi connectivity index (χ4v) is 3.50. The number of H-pyrrole nitrogens is 1. The van der Waals surface area contributed by atoms with E-state index < -0.39 is 0 Å². The van der Waals surface area contributed by atoms with E-state index in [0.717, 1.165) is 39.0 Å². The number of methoxy groups -OCH3 is 1. The van der Waals surface area contributed by atoms with Crippen LogP contribution in [0.5, 0.6) is 5.75 Å². The molecule has 0 atom stereocenters. The van der Waals surface area contributed by atoms with Crippen LogP contribution < -0.4 is 10.5 Å². The number of ether oxygens (including phenoxy) is 1. The Kier molecular flexibility index (Phi) is 3.72. The van der Waals surface area contributed by atoms with Crippen molar-refractivity contribution in [2.45, 2.75) is 6.42 Å². The second kappa shape index (κ2) is 6.38. The van der Waals surface area contributed by atoms with Crippen molar-refractivity contribution in [1.82, 2.24) is 25.0 Å². The normalized spacial score (nSPS) is 11.3. The van der Waals surface area contributed by atoms with Gasteiger partial charge in [0.2, 0.25) is 0 Å². The highest BCUT2D eigenvalue weighted by atomic mass is 16.5. The first kappa shape index (κ1) is 16.3. The van der Waals surface area contributed by atoms with Gasteiger partial charge < -0.3 is 10.5 Å². The van der Waals surface area contributed by atoms with Crippen LogP contribution in [0.25, 0.3) is 27.5 Å². The molecule has 0 saturated heterocycles. The van der Waals surface area contributed by atoms with Crippen LogP contribution in [0.4, 0.5) is 5.82 Å². The molecule has 0 unspecified atom stereocenters.